The van der Waals surface area contributed by atoms with E-state index in [4.69, 9.17) is 0 Å². The Hall–Kier alpha value is -3.14. The molecule has 9 nitrogen and oxygen atoms in total. The van der Waals surface area contributed by atoms with Gasteiger partial charge in [-0.2, -0.15) is 4.98 Å². The van der Waals surface area contributed by atoms with E-state index < -0.39 is 5.82 Å². The van der Waals surface area contributed by atoms with Crippen molar-refractivity contribution in [2.24, 2.45) is 0 Å². The molecule has 10 heteroatoms. The Morgan fingerprint density at radius 2 is 1.88 bits per heavy atom. The van der Waals surface area contributed by atoms with E-state index in [1.54, 1.807) is 11.0 Å². The van der Waals surface area contributed by atoms with Crippen LogP contribution in [-0.2, 0) is 0 Å². The maximum absolute atomic E-state index is 14.6. The summed E-state index contributed by atoms with van der Waals surface area (Å²) in [5.74, 6) is 0.609. The van der Waals surface area contributed by atoms with Crippen molar-refractivity contribution in [1.82, 2.24) is 35.5 Å². The lowest BCUT2D eigenvalue weighted by Crippen LogP contribution is -2.60. The van der Waals surface area contributed by atoms with E-state index in [2.05, 4.69) is 75.2 Å². The zero-order chi connectivity index (χ0) is 23.2. The molecule has 33 heavy (non-hydrogen) atoms. The molecule has 1 aliphatic heterocycles. The summed E-state index contributed by atoms with van der Waals surface area (Å²) in [5, 5.41) is 21.7. The Kier molecular flexibility index (Phi) is 5.27. The van der Waals surface area contributed by atoms with Crippen LogP contribution in [0.25, 0.3) is 5.69 Å². The number of hydrogen-bond acceptors (Lipinski definition) is 8. The molecule has 0 radical (unpaired) electrons. The number of halogens is 1. The molecular formula is C23H30FN9. The molecule has 3 N–H and O–H groups in total. The summed E-state index contributed by atoms with van der Waals surface area (Å²) in [6.45, 7) is 8.66. The van der Waals surface area contributed by atoms with E-state index in [9.17, 15) is 4.39 Å². The summed E-state index contributed by atoms with van der Waals surface area (Å²) in [4.78, 5) is 8.59. The van der Waals surface area contributed by atoms with E-state index in [-0.39, 0.29) is 22.9 Å². The van der Waals surface area contributed by atoms with Gasteiger partial charge >= 0.3 is 0 Å². The predicted molar refractivity (Wildman–Crippen MR) is 124 cm³/mol. The second kappa shape index (κ2) is 8.02. The third kappa shape index (κ3) is 4.95. The Labute approximate surface area is 192 Å². The minimum absolute atomic E-state index is 0.0556. The molecule has 3 heterocycles. The van der Waals surface area contributed by atoms with Crippen LogP contribution in [0.5, 0.6) is 0 Å². The fraction of sp³-hybridized carbons (Fsp3) is 0.522. The smallest absolute Gasteiger partial charge is 0.229 e. The fourth-order valence-electron chi connectivity index (χ4n) is 5.11. The van der Waals surface area contributed by atoms with Gasteiger partial charge in [0.25, 0.3) is 0 Å². The first-order valence-corrected chi connectivity index (χ1v) is 11.4. The molecule has 1 saturated heterocycles. The molecule has 1 saturated carbocycles. The second-order valence-corrected chi connectivity index (χ2v) is 10.5. The zero-order valence-corrected chi connectivity index (χ0v) is 19.4. The molecule has 3 aromatic rings. The number of rotatable bonds is 6. The van der Waals surface area contributed by atoms with Crippen LogP contribution in [0.1, 0.15) is 64.9 Å². The summed E-state index contributed by atoms with van der Waals surface area (Å²) >= 11 is 0. The molecule has 2 aromatic heterocycles. The number of hydrogen-bond donors (Lipinski definition) is 3. The van der Waals surface area contributed by atoms with Gasteiger partial charge in [-0.15, -0.1) is 5.10 Å². The summed E-state index contributed by atoms with van der Waals surface area (Å²) in [6, 6.07) is 6.14. The maximum atomic E-state index is 14.6. The lowest BCUT2D eigenvalue weighted by atomic mass is 9.79. The number of anilines is 3. The van der Waals surface area contributed by atoms with Gasteiger partial charge in [0.1, 0.15) is 6.33 Å². The molecule has 0 spiro atoms. The normalized spacial score (nSPS) is 19.9. The summed E-state index contributed by atoms with van der Waals surface area (Å²) in [6.07, 6.45) is 6.85. The average Bonchev–Trinajstić information content (AvgIpc) is 3.41. The van der Waals surface area contributed by atoms with E-state index in [1.807, 2.05) is 12.1 Å². The highest BCUT2D eigenvalue weighted by Gasteiger charge is 2.38. The van der Waals surface area contributed by atoms with Crippen molar-refractivity contribution in [3.63, 3.8) is 0 Å². The minimum atomic E-state index is -0.465. The van der Waals surface area contributed by atoms with Crippen LogP contribution in [0, 0.1) is 5.82 Å². The first-order chi connectivity index (χ1) is 15.7. The molecular weight excluding hydrogens is 421 g/mol. The van der Waals surface area contributed by atoms with Gasteiger partial charge in [0, 0.05) is 22.8 Å². The molecule has 2 aliphatic rings. The van der Waals surface area contributed by atoms with E-state index >= 15 is 0 Å². The molecule has 0 amide bonds. The summed E-state index contributed by atoms with van der Waals surface area (Å²) < 4.78 is 16.3. The molecule has 5 rings (SSSR count). The van der Waals surface area contributed by atoms with Crippen molar-refractivity contribution in [3.8, 4) is 5.69 Å². The predicted octanol–water partition coefficient (Wildman–Crippen LogP) is 3.93. The topological polar surface area (TPSA) is 105 Å². The maximum Gasteiger partial charge on any atom is 0.229 e. The van der Waals surface area contributed by atoms with Gasteiger partial charge in [-0.3, -0.25) is 0 Å². The van der Waals surface area contributed by atoms with E-state index in [0.717, 1.165) is 24.2 Å². The number of tetrazole rings is 1. The van der Waals surface area contributed by atoms with E-state index in [0.29, 0.717) is 11.9 Å². The van der Waals surface area contributed by atoms with Gasteiger partial charge in [0.05, 0.1) is 11.9 Å². The Morgan fingerprint density at radius 1 is 1.12 bits per heavy atom. The van der Waals surface area contributed by atoms with Crippen molar-refractivity contribution in [2.45, 2.75) is 76.4 Å². The summed E-state index contributed by atoms with van der Waals surface area (Å²) in [7, 11) is 0. The Bertz CT molecular complexity index is 1120. The van der Waals surface area contributed by atoms with Gasteiger partial charge in [-0.1, -0.05) is 6.07 Å². The molecule has 1 aliphatic carbocycles. The number of nitrogens with one attached hydrogen (secondary N) is 3. The largest absolute Gasteiger partial charge is 0.365 e. The van der Waals surface area contributed by atoms with Crippen LogP contribution in [0.2, 0.25) is 0 Å². The third-order valence-electron chi connectivity index (χ3n) is 6.17. The lowest BCUT2D eigenvalue weighted by molar-refractivity contribution is 0.170. The Morgan fingerprint density at radius 3 is 2.55 bits per heavy atom. The molecule has 0 atom stereocenters. The minimum Gasteiger partial charge on any atom is -0.365 e. The van der Waals surface area contributed by atoms with Gasteiger partial charge < -0.3 is 16.0 Å². The second-order valence-electron chi connectivity index (χ2n) is 10.5. The zero-order valence-electron chi connectivity index (χ0n) is 19.4. The first kappa shape index (κ1) is 21.7. The third-order valence-corrected chi connectivity index (χ3v) is 6.17. The standard InChI is InChI=1S/C23H30FN9/c1-22(2)10-16(11-23(3,4)30-22)27-20-18(24)12-25-21(29-20)28-15-7-8-17(14-5-6-14)19(9-15)33-13-26-31-32-33/h7-9,12-14,16,30H,5-6,10-11H2,1-4H3,(H2,25,27,28,29). The molecule has 1 aromatic carbocycles. The van der Waals surface area contributed by atoms with Crippen LogP contribution in [0.15, 0.2) is 30.7 Å². The van der Waals surface area contributed by atoms with Gasteiger partial charge in [-0.25, -0.2) is 14.1 Å². The van der Waals surface area contributed by atoms with Crippen LogP contribution < -0.4 is 16.0 Å². The van der Waals surface area contributed by atoms with Gasteiger partial charge in [0.2, 0.25) is 5.95 Å². The number of aromatic nitrogens is 6. The average molecular weight is 452 g/mol. The molecule has 0 bridgehead atoms. The SMILES string of the molecule is CC1(C)CC(Nc2nc(Nc3ccc(C4CC4)c(-n4cnnn4)c3)ncc2F)CC(C)(C)N1. The van der Waals surface area contributed by atoms with Crippen molar-refractivity contribution in [1.29, 1.82) is 0 Å². The molecule has 174 valence electrons. The van der Waals surface area contributed by atoms with Crippen LogP contribution >= 0.6 is 0 Å². The number of piperidine rings is 1. The molecule has 2 fully saturated rings. The van der Waals surface area contributed by atoms with Gasteiger partial charge in [-0.05, 0) is 87.4 Å². The van der Waals surface area contributed by atoms with Crippen LogP contribution in [0.4, 0.5) is 21.8 Å². The van der Waals surface area contributed by atoms with Gasteiger partial charge in [0.15, 0.2) is 11.6 Å². The van der Waals surface area contributed by atoms with Crippen molar-refractivity contribution in [2.75, 3.05) is 10.6 Å². The lowest BCUT2D eigenvalue weighted by Gasteiger charge is -2.46. The highest BCUT2D eigenvalue weighted by Crippen LogP contribution is 2.43. The monoisotopic (exact) mass is 451 g/mol. The number of benzene rings is 1. The van der Waals surface area contributed by atoms with Crippen molar-refractivity contribution < 1.29 is 4.39 Å². The quantitative estimate of drug-likeness (QED) is 0.518. The van der Waals surface area contributed by atoms with Crippen molar-refractivity contribution in [3.05, 3.63) is 42.1 Å². The Balaban J connectivity index is 1.37. The summed E-state index contributed by atoms with van der Waals surface area (Å²) in [5.41, 5.74) is 2.81. The molecule has 0 unspecified atom stereocenters. The van der Waals surface area contributed by atoms with Crippen LogP contribution in [-0.4, -0.2) is 47.3 Å². The van der Waals surface area contributed by atoms with Crippen molar-refractivity contribution >= 4 is 17.5 Å². The van der Waals surface area contributed by atoms with E-state index in [1.165, 1.54) is 24.6 Å². The highest BCUT2D eigenvalue weighted by molar-refractivity contribution is 5.61. The first-order valence-electron chi connectivity index (χ1n) is 11.4. The number of nitrogens with zero attached hydrogens (tertiary/aromatic N) is 6. The highest BCUT2D eigenvalue weighted by atomic mass is 19.1. The fourth-order valence-corrected chi connectivity index (χ4v) is 5.11. The van der Waals surface area contributed by atoms with Crippen LogP contribution in [0.3, 0.4) is 0 Å².